The molecular weight excluding hydrogens is 200 g/mol. The Labute approximate surface area is 98.6 Å². The van der Waals surface area contributed by atoms with Gasteiger partial charge in [-0.2, -0.15) is 0 Å². The van der Waals surface area contributed by atoms with Crippen molar-refractivity contribution in [1.82, 2.24) is 0 Å². The van der Waals surface area contributed by atoms with Crippen LogP contribution < -0.4 is 0 Å². The van der Waals surface area contributed by atoms with Gasteiger partial charge in [-0.3, -0.25) is 0 Å². The molecule has 0 saturated carbocycles. The van der Waals surface area contributed by atoms with Crippen molar-refractivity contribution < 1.29 is 9.47 Å². The van der Waals surface area contributed by atoms with Crippen molar-refractivity contribution in [3.05, 3.63) is 34.9 Å². The van der Waals surface area contributed by atoms with Crippen LogP contribution >= 0.6 is 0 Å². The van der Waals surface area contributed by atoms with E-state index >= 15 is 0 Å². The first-order chi connectivity index (χ1) is 7.65. The van der Waals surface area contributed by atoms with E-state index in [9.17, 15) is 0 Å². The quantitative estimate of drug-likeness (QED) is 0.688. The number of ether oxygens (including phenoxy) is 2. The molecule has 2 heteroatoms. The maximum atomic E-state index is 5.54. The number of benzene rings is 1. The van der Waals surface area contributed by atoms with E-state index in [4.69, 9.17) is 9.47 Å². The molecule has 0 heterocycles. The molecule has 0 amide bonds. The summed E-state index contributed by atoms with van der Waals surface area (Å²) in [4.78, 5) is 0. The van der Waals surface area contributed by atoms with Gasteiger partial charge in [0, 0.05) is 19.6 Å². The van der Waals surface area contributed by atoms with Crippen LogP contribution in [0.2, 0.25) is 0 Å². The summed E-state index contributed by atoms with van der Waals surface area (Å²) in [5, 5.41) is 0. The number of aryl methyl sites for hydroxylation is 2. The molecule has 90 valence electrons. The average Bonchev–Trinajstić information content (AvgIpc) is 2.16. The standard InChI is InChI=1S/C14H22O2/c1-5-15-14(16-6-2)10-13-8-11(3)7-12(4)9-13/h7-9,14H,5-6,10H2,1-4H3. The summed E-state index contributed by atoms with van der Waals surface area (Å²) in [7, 11) is 0. The van der Waals surface area contributed by atoms with Crippen LogP contribution in [0.1, 0.15) is 30.5 Å². The third-order valence-electron chi connectivity index (χ3n) is 2.39. The lowest BCUT2D eigenvalue weighted by atomic mass is 10.0. The number of hydrogen-bond donors (Lipinski definition) is 0. The molecule has 1 rings (SSSR count). The van der Waals surface area contributed by atoms with Crippen molar-refractivity contribution >= 4 is 0 Å². The maximum absolute atomic E-state index is 5.54. The number of hydrogen-bond acceptors (Lipinski definition) is 2. The summed E-state index contributed by atoms with van der Waals surface area (Å²) in [6.07, 6.45) is 0.709. The normalized spacial score (nSPS) is 11.1. The van der Waals surface area contributed by atoms with Crippen LogP contribution in [0, 0.1) is 13.8 Å². The van der Waals surface area contributed by atoms with Crippen LogP contribution in [-0.2, 0) is 15.9 Å². The van der Waals surface area contributed by atoms with Gasteiger partial charge in [-0.1, -0.05) is 29.3 Å². The summed E-state index contributed by atoms with van der Waals surface area (Å²) in [5.41, 5.74) is 3.87. The van der Waals surface area contributed by atoms with E-state index in [1.165, 1.54) is 16.7 Å². The minimum absolute atomic E-state index is 0.115. The Hall–Kier alpha value is -0.860. The van der Waals surface area contributed by atoms with Gasteiger partial charge < -0.3 is 9.47 Å². The van der Waals surface area contributed by atoms with Gasteiger partial charge in [-0.15, -0.1) is 0 Å². The molecule has 0 aromatic heterocycles. The topological polar surface area (TPSA) is 18.5 Å². The first-order valence-electron chi connectivity index (χ1n) is 5.96. The second-order valence-corrected chi connectivity index (χ2v) is 4.04. The second kappa shape index (κ2) is 6.66. The molecule has 0 aliphatic carbocycles. The predicted octanol–water partition coefficient (Wildman–Crippen LogP) is 3.25. The van der Waals surface area contributed by atoms with Crippen molar-refractivity contribution in [2.75, 3.05) is 13.2 Å². The Bertz CT molecular complexity index is 294. The van der Waals surface area contributed by atoms with Gasteiger partial charge in [0.25, 0.3) is 0 Å². The highest BCUT2D eigenvalue weighted by Crippen LogP contribution is 2.12. The SMILES string of the molecule is CCOC(Cc1cc(C)cc(C)c1)OCC. The van der Waals surface area contributed by atoms with Gasteiger partial charge in [0.2, 0.25) is 0 Å². The fourth-order valence-electron chi connectivity index (χ4n) is 1.92. The van der Waals surface area contributed by atoms with Gasteiger partial charge in [-0.05, 0) is 33.3 Å². The smallest absolute Gasteiger partial charge is 0.161 e. The van der Waals surface area contributed by atoms with E-state index in [0.717, 1.165) is 6.42 Å². The van der Waals surface area contributed by atoms with Crippen molar-refractivity contribution in [3.63, 3.8) is 0 Å². The highest BCUT2D eigenvalue weighted by atomic mass is 16.7. The Morgan fingerprint density at radius 3 is 1.88 bits per heavy atom. The van der Waals surface area contributed by atoms with Crippen LogP contribution in [0.4, 0.5) is 0 Å². The van der Waals surface area contributed by atoms with Gasteiger partial charge in [0.1, 0.15) is 0 Å². The van der Waals surface area contributed by atoms with Gasteiger partial charge in [0.15, 0.2) is 6.29 Å². The lowest BCUT2D eigenvalue weighted by Gasteiger charge is -2.17. The van der Waals surface area contributed by atoms with Crippen LogP contribution in [0.25, 0.3) is 0 Å². The Kier molecular flexibility index (Phi) is 5.50. The van der Waals surface area contributed by atoms with Crippen LogP contribution in [0.5, 0.6) is 0 Å². The largest absolute Gasteiger partial charge is 0.353 e. The Morgan fingerprint density at radius 1 is 0.938 bits per heavy atom. The summed E-state index contributed by atoms with van der Waals surface area (Å²) in [5.74, 6) is 0. The predicted molar refractivity (Wildman–Crippen MR) is 66.7 cm³/mol. The lowest BCUT2D eigenvalue weighted by molar-refractivity contribution is -0.134. The highest BCUT2D eigenvalue weighted by Gasteiger charge is 2.09. The van der Waals surface area contributed by atoms with Crippen LogP contribution in [0.3, 0.4) is 0 Å². The lowest BCUT2D eigenvalue weighted by Crippen LogP contribution is -2.20. The molecule has 0 spiro atoms. The molecule has 0 N–H and O–H groups in total. The maximum Gasteiger partial charge on any atom is 0.161 e. The van der Waals surface area contributed by atoms with Gasteiger partial charge in [0.05, 0.1) is 0 Å². The summed E-state index contributed by atoms with van der Waals surface area (Å²) in [6.45, 7) is 9.60. The Morgan fingerprint density at radius 2 is 1.44 bits per heavy atom. The molecule has 0 radical (unpaired) electrons. The highest BCUT2D eigenvalue weighted by molar-refractivity contribution is 5.28. The van der Waals surface area contributed by atoms with E-state index < -0.39 is 0 Å². The van der Waals surface area contributed by atoms with Crippen LogP contribution in [0.15, 0.2) is 18.2 Å². The summed E-state index contributed by atoms with van der Waals surface area (Å²) in [6, 6.07) is 6.57. The van der Waals surface area contributed by atoms with Gasteiger partial charge >= 0.3 is 0 Å². The minimum Gasteiger partial charge on any atom is -0.353 e. The molecular formula is C14H22O2. The molecule has 16 heavy (non-hydrogen) atoms. The monoisotopic (exact) mass is 222 g/mol. The third-order valence-corrected chi connectivity index (χ3v) is 2.39. The van der Waals surface area contributed by atoms with Crippen molar-refractivity contribution in [2.45, 2.75) is 40.4 Å². The molecule has 2 nitrogen and oxygen atoms in total. The zero-order valence-electron chi connectivity index (χ0n) is 10.7. The van der Waals surface area contributed by atoms with Crippen molar-refractivity contribution in [3.8, 4) is 0 Å². The fraction of sp³-hybridized carbons (Fsp3) is 0.571. The third kappa shape index (κ3) is 4.33. The first-order valence-corrected chi connectivity index (χ1v) is 5.96. The zero-order valence-corrected chi connectivity index (χ0v) is 10.7. The summed E-state index contributed by atoms with van der Waals surface area (Å²) >= 11 is 0. The molecule has 0 saturated heterocycles. The summed E-state index contributed by atoms with van der Waals surface area (Å²) < 4.78 is 11.1. The first kappa shape index (κ1) is 13.2. The minimum atomic E-state index is -0.115. The molecule has 0 unspecified atom stereocenters. The molecule has 0 atom stereocenters. The molecule has 0 fully saturated rings. The fourth-order valence-corrected chi connectivity index (χ4v) is 1.92. The van der Waals surface area contributed by atoms with Crippen molar-refractivity contribution in [1.29, 1.82) is 0 Å². The zero-order chi connectivity index (χ0) is 12.0. The molecule has 1 aromatic rings. The number of rotatable bonds is 6. The Balaban J connectivity index is 2.68. The van der Waals surface area contributed by atoms with E-state index in [2.05, 4.69) is 32.0 Å². The molecule has 0 bridgehead atoms. The van der Waals surface area contributed by atoms with Gasteiger partial charge in [-0.25, -0.2) is 0 Å². The molecule has 0 aliphatic rings. The molecule has 1 aromatic carbocycles. The van der Waals surface area contributed by atoms with Crippen LogP contribution in [-0.4, -0.2) is 19.5 Å². The average molecular weight is 222 g/mol. The van der Waals surface area contributed by atoms with E-state index in [-0.39, 0.29) is 6.29 Å². The molecule has 0 aliphatic heterocycles. The van der Waals surface area contributed by atoms with E-state index in [0.29, 0.717) is 13.2 Å². The van der Waals surface area contributed by atoms with Crippen molar-refractivity contribution in [2.24, 2.45) is 0 Å². The second-order valence-electron chi connectivity index (χ2n) is 4.04. The van der Waals surface area contributed by atoms with E-state index in [1.807, 2.05) is 13.8 Å². The van der Waals surface area contributed by atoms with E-state index in [1.54, 1.807) is 0 Å².